The zero-order chi connectivity index (χ0) is 30.1. The average Bonchev–Trinajstić information content (AvgIpc) is 3.36. The van der Waals surface area contributed by atoms with E-state index in [2.05, 4.69) is 20.8 Å². The Morgan fingerprint density at radius 2 is 2.10 bits per heavy atom. The van der Waals surface area contributed by atoms with Gasteiger partial charge in [-0.3, -0.25) is 19.3 Å². The van der Waals surface area contributed by atoms with Gasteiger partial charge in [-0.1, -0.05) is 17.3 Å². The number of amides is 3. The number of hydrogen-bond acceptors (Lipinski definition) is 12. The second-order valence-electron chi connectivity index (χ2n) is 8.41. The van der Waals surface area contributed by atoms with Crippen LogP contribution in [0.4, 0.5) is 10.8 Å². The van der Waals surface area contributed by atoms with Gasteiger partial charge in [0.05, 0.1) is 5.75 Å². The number of thioether (sulfide) groups is 2. The van der Waals surface area contributed by atoms with Crippen molar-refractivity contribution in [2.75, 3.05) is 35.9 Å². The van der Waals surface area contributed by atoms with E-state index in [9.17, 15) is 24.3 Å². The first-order valence-electron chi connectivity index (χ1n) is 12.0. The summed E-state index contributed by atoms with van der Waals surface area (Å²) >= 11 is 3.88. The number of thiazole rings is 1. The van der Waals surface area contributed by atoms with Crippen molar-refractivity contribution in [3.8, 4) is 0 Å². The Morgan fingerprint density at radius 3 is 2.71 bits per heavy atom. The van der Waals surface area contributed by atoms with Gasteiger partial charge in [-0.2, -0.15) is 11.8 Å². The summed E-state index contributed by atoms with van der Waals surface area (Å²) in [6, 6.07) is 6.20. The van der Waals surface area contributed by atoms with Gasteiger partial charge in [-0.25, -0.2) is 9.78 Å². The predicted octanol–water partition coefficient (Wildman–Crippen LogP) is 1.56. The number of aromatic nitrogens is 1. The minimum Gasteiger partial charge on any atom is -0.477 e. The summed E-state index contributed by atoms with van der Waals surface area (Å²) in [6.45, 7) is 1.44. The number of hydrogen-bond donors (Lipinski definition) is 4. The number of nitrogens with zero attached hydrogens (tertiary/aromatic N) is 3. The van der Waals surface area contributed by atoms with Crippen molar-refractivity contribution in [3.05, 3.63) is 52.2 Å². The number of nitrogens with two attached hydrogens (primary N) is 1. The molecule has 5 N–H and O–H groups in total. The van der Waals surface area contributed by atoms with Crippen molar-refractivity contribution in [3.63, 3.8) is 0 Å². The van der Waals surface area contributed by atoms with Crippen molar-refractivity contribution < 1.29 is 33.9 Å². The summed E-state index contributed by atoms with van der Waals surface area (Å²) < 4.78 is 0. The lowest BCUT2D eigenvalue weighted by Gasteiger charge is -2.49. The molecule has 0 spiro atoms. The van der Waals surface area contributed by atoms with Crippen LogP contribution in [0, 0.1) is 0 Å². The van der Waals surface area contributed by atoms with Crippen LogP contribution in [0.3, 0.4) is 0 Å². The molecule has 2 aliphatic rings. The van der Waals surface area contributed by atoms with Gasteiger partial charge in [0.1, 0.15) is 36.2 Å². The van der Waals surface area contributed by atoms with Gasteiger partial charge in [0.25, 0.3) is 11.8 Å². The van der Waals surface area contributed by atoms with Crippen molar-refractivity contribution >= 4 is 81.4 Å². The summed E-state index contributed by atoms with van der Waals surface area (Å²) in [5, 5.41) is 20.3. The Labute approximate surface area is 248 Å². The highest BCUT2D eigenvalue weighted by Crippen LogP contribution is 2.41. The van der Waals surface area contributed by atoms with E-state index in [0.29, 0.717) is 22.8 Å². The molecule has 2 atom stereocenters. The van der Waals surface area contributed by atoms with Gasteiger partial charge < -0.3 is 31.1 Å². The van der Waals surface area contributed by atoms with Gasteiger partial charge >= 0.3 is 5.97 Å². The number of β-lactam (4-membered cyclic amide) rings is 1. The molecule has 2 aliphatic heterocycles. The van der Waals surface area contributed by atoms with E-state index in [1.165, 1.54) is 47.8 Å². The van der Waals surface area contributed by atoms with E-state index in [-0.39, 0.29) is 34.6 Å². The number of nitrogen functional groups attached to an aromatic ring is 1. The third-order valence-electron chi connectivity index (χ3n) is 5.60. The van der Waals surface area contributed by atoms with Crippen molar-refractivity contribution in [2.45, 2.75) is 24.8 Å². The lowest BCUT2D eigenvalue weighted by Crippen LogP contribution is -2.71. The molecule has 1 aromatic carbocycles. The first-order valence-corrected chi connectivity index (χ1v) is 15.3. The molecule has 1 saturated heterocycles. The van der Waals surface area contributed by atoms with Crippen molar-refractivity contribution in [1.82, 2.24) is 15.2 Å². The summed E-state index contributed by atoms with van der Waals surface area (Å²) in [7, 11) is 1.27. The third-order valence-corrected chi connectivity index (χ3v) is 8.17. The molecule has 1 fully saturated rings. The molecule has 0 saturated carbocycles. The first kappa shape index (κ1) is 31.6. The van der Waals surface area contributed by atoms with Gasteiger partial charge in [-0.05, 0) is 42.9 Å². The zero-order valence-corrected chi connectivity index (χ0v) is 24.7. The molecular weight excluding hydrogens is 593 g/mol. The highest BCUT2D eigenvalue weighted by molar-refractivity contribution is 8.00. The molecule has 3 amide bonds. The number of aldehydes is 1. The van der Waals surface area contributed by atoms with Crippen LogP contribution in [0.5, 0.6) is 0 Å². The molecule has 0 aliphatic carbocycles. The Kier molecular flexibility index (Phi) is 11.3. The summed E-state index contributed by atoms with van der Waals surface area (Å²) in [4.78, 5) is 68.9. The number of anilines is 2. The lowest BCUT2D eigenvalue weighted by atomic mass is 9.98. The monoisotopic (exact) mass is 620 g/mol. The van der Waals surface area contributed by atoms with Gasteiger partial charge in [0.2, 0.25) is 5.91 Å². The molecule has 218 valence electrons. The largest absolute Gasteiger partial charge is 0.477 e. The maximum absolute atomic E-state index is 13.0. The highest BCUT2D eigenvalue weighted by atomic mass is 32.2. The van der Waals surface area contributed by atoms with E-state index >= 15 is 0 Å². The number of benzene rings is 1. The van der Waals surface area contributed by atoms with Crippen LogP contribution >= 0.6 is 34.9 Å². The van der Waals surface area contributed by atoms with Crippen LogP contribution in [0.15, 0.2) is 46.1 Å². The second-order valence-corrected chi connectivity index (χ2v) is 11.3. The molecule has 41 heavy (non-hydrogen) atoms. The lowest BCUT2D eigenvalue weighted by molar-refractivity contribution is -0.150. The minimum atomic E-state index is -1.23. The number of carbonyl (C=O) groups excluding carboxylic acids is 4. The average molecular weight is 621 g/mol. The minimum absolute atomic E-state index is 0.0980. The molecule has 4 rings (SSSR count). The standard InChI is InChI=1S/C23H24N6O6S3.C2H4O/c1-35-28-16(14-9-38-23(24)26-14)19(31)27-17-20(32)29-18(22(33)34)12(8-37-21(17)29)6-11-4-3-5-13(7-11)25-15(30)10-36-2;1-2-3/h3-5,7,9,17,21H,6,8,10H2,1-2H3,(H2,24,26)(H,25,30)(H,27,31)(H,33,34);2H,1H3/b28-16-;. The molecule has 2 aromatic rings. The number of fused-ring (bicyclic) bond motifs is 1. The molecule has 3 heterocycles. The molecule has 0 radical (unpaired) electrons. The number of aliphatic carboxylic acids is 1. The van der Waals surface area contributed by atoms with Crippen LogP contribution in [-0.2, 0) is 35.2 Å². The van der Waals surface area contributed by atoms with E-state index in [1.807, 2.05) is 12.3 Å². The Balaban J connectivity index is 0.00000147. The van der Waals surface area contributed by atoms with Crippen LogP contribution in [0.25, 0.3) is 0 Å². The van der Waals surface area contributed by atoms with E-state index < -0.39 is 29.2 Å². The highest BCUT2D eigenvalue weighted by Gasteiger charge is 2.54. The van der Waals surface area contributed by atoms with Crippen LogP contribution in [0.1, 0.15) is 18.2 Å². The number of oxime groups is 1. The number of carboxylic acids is 1. The Morgan fingerprint density at radius 1 is 1.37 bits per heavy atom. The van der Waals surface area contributed by atoms with Crippen LogP contribution in [-0.4, -0.2) is 87.0 Å². The second kappa shape index (κ2) is 14.7. The van der Waals surface area contributed by atoms with Gasteiger partial charge in [0, 0.05) is 16.8 Å². The normalized spacial score (nSPS) is 17.9. The van der Waals surface area contributed by atoms with Crippen molar-refractivity contribution in [2.24, 2.45) is 5.16 Å². The number of carbonyl (C=O) groups is 5. The molecule has 16 heteroatoms. The Bertz CT molecular complexity index is 1390. The van der Waals surface area contributed by atoms with E-state index in [4.69, 9.17) is 15.4 Å². The molecule has 1 aromatic heterocycles. The fourth-order valence-corrected chi connectivity index (χ4v) is 6.28. The van der Waals surface area contributed by atoms with E-state index in [1.54, 1.807) is 18.2 Å². The molecule has 13 nitrogen and oxygen atoms in total. The molecule has 2 unspecified atom stereocenters. The fraction of sp³-hybridized carbons (Fsp3) is 0.320. The van der Waals surface area contributed by atoms with Gasteiger partial charge in [0.15, 0.2) is 10.8 Å². The van der Waals surface area contributed by atoms with Crippen LogP contribution < -0.4 is 16.4 Å². The quantitative estimate of drug-likeness (QED) is 0.130. The maximum atomic E-state index is 13.0. The number of nitrogens with one attached hydrogen (secondary N) is 2. The van der Waals surface area contributed by atoms with Gasteiger partial charge in [-0.15, -0.1) is 23.1 Å². The molecular formula is C25H28N6O7S3. The van der Waals surface area contributed by atoms with E-state index in [0.717, 1.165) is 23.2 Å². The first-order chi connectivity index (χ1) is 19.6. The Hall–Kier alpha value is -3.89. The third kappa shape index (κ3) is 7.65. The number of carboxylic acid groups (broad SMARTS) is 1. The zero-order valence-electron chi connectivity index (χ0n) is 22.3. The predicted molar refractivity (Wildman–Crippen MR) is 159 cm³/mol. The van der Waals surface area contributed by atoms with Crippen molar-refractivity contribution in [1.29, 1.82) is 0 Å². The summed E-state index contributed by atoms with van der Waals surface area (Å²) in [6.07, 6.45) is 2.87. The smallest absolute Gasteiger partial charge is 0.352 e. The number of rotatable bonds is 10. The fourth-order valence-electron chi connectivity index (χ4n) is 4.05. The SMILES string of the molecule is CC=O.CO/N=C(\C(=O)NC1C(=O)N2C(C(=O)O)=C(Cc3cccc(NC(=O)CSC)c3)CSC12)c1csc(N)n1. The summed E-state index contributed by atoms with van der Waals surface area (Å²) in [5.41, 5.74) is 7.57. The molecule has 0 bridgehead atoms. The topological polar surface area (TPSA) is 193 Å². The maximum Gasteiger partial charge on any atom is 0.352 e. The summed E-state index contributed by atoms with van der Waals surface area (Å²) in [5.74, 6) is -1.93. The van der Waals surface area contributed by atoms with Crippen LogP contribution in [0.2, 0.25) is 0 Å².